The summed E-state index contributed by atoms with van der Waals surface area (Å²) >= 11 is 1.24. The predicted molar refractivity (Wildman–Crippen MR) is 107 cm³/mol. The minimum Gasteiger partial charge on any atom is -0.308 e. The van der Waals surface area contributed by atoms with Gasteiger partial charge in [0.1, 0.15) is 5.82 Å². The third kappa shape index (κ3) is 3.99. The number of imide groups is 1. The molecule has 7 nitrogen and oxygen atoms in total. The van der Waals surface area contributed by atoms with Crippen LogP contribution in [-0.4, -0.2) is 34.3 Å². The summed E-state index contributed by atoms with van der Waals surface area (Å²) in [6.45, 7) is 0.226. The van der Waals surface area contributed by atoms with Crippen LogP contribution in [0.5, 0.6) is 0 Å². The van der Waals surface area contributed by atoms with E-state index in [-0.39, 0.29) is 18.4 Å². The van der Waals surface area contributed by atoms with Crippen molar-refractivity contribution in [2.45, 2.75) is 6.42 Å². The van der Waals surface area contributed by atoms with E-state index < -0.39 is 11.8 Å². The van der Waals surface area contributed by atoms with Crippen LogP contribution in [0.2, 0.25) is 0 Å². The van der Waals surface area contributed by atoms with E-state index in [1.54, 1.807) is 36.5 Å². The first-order valence-electron chi connectivity index (χ1n) is 8.75. The summed E-state index contributed by atoms with van der Waals surface area (Å²) in [5, 5.41) is 5.45. The van der Waals surface area contributed by atoms with Crippen LogP contribution in [0, 0.1) is 5.82 Å². The predicted octanol–water partition coefficient (Wildman–Crippen LogP) is 3.76. The molecule has 29 heavy (non-hydrogen) atoms. The zero-order valence-corrected chi connectivity index (χ0v) is 15.8. The maximum Gasteiger partial charge on any atom is 0.325 e. The number of amides is 4. The molecule has 0 unspecified atom stereocenters. The highest BCUT2D eigenvalue weighted by Gasteiger charge is 2.34. The quantitative estimate of drug-likeness (QED) is 0.627. The second-order valence-corrected chi connectivity index (χ2v) is 7.39. The summed E-state index contributed by atoms with van der Waals surface area (Å²) < 4.78 is 13.2. The Bertz CT molecular complexity index is 1080. The summed E-state index contributed by atoms with van der Waals surface area (Å²) in [5.74, 6) is -1.06. The number of aromatic nitrogens is 1. The monoisotopic (exact) mass is 410 g/mol. The SMILES string of the molecule is O=C(Nc1cccc(F)c1)Nc1ncc(CCN2C(=O)c3ccccc3C2=O)s1. The van der Waals surface area contributed by atoms with Gasteiger partial charge in [-0.1, -0.05) is 18.2 Å². The maximum absolute atomic E-state index is 13.2. The number of nitrogens with one attached hydrogen (secondary N) is 2. The van der Waals surface area contributed by atoms with Gasteiger partial charge in [0.2, 0.25) is 0 Å². The number of urea groups is 1. The standard InChI is InChI=1S/C20H15FN4O3S/c21-12-4-3-5-13(10-12)23-19(28)24-20-22-11-14(29-20)8-9-25-17(26)15-6-1-2-7-16(15)18(25)27/h1-7,10-11H,8-9H2,(H2,22,23,24,28). The average molecular weight is 410 g/mol. The first kappa shape index (κ1) is 18.8. The smallest absolute Gasteiger partial charge is 0.308 e. The molecule has 0 spiro atoms. The average Bonchev–Trinajstić information content (AvgIpc) is 3.23. The fraction of sp³-hybridized carbons (Fsp3) is 0.100. The topological polar surface area (TPSA) is 91.4 Å². The van der Waals surface area contributed by atoms with Crippen LogP contribution in [0.15, 0.2) is 54.7 Å². The number of fused-ring (bicyclic) bond motifs is 1. The van der Waals surface area contributed by atoms with Crippen molar-refractivity contribution in [3.05, 3.63) is 76.5 Å². The van der Waals surface area contributed by atoms with E-state index in [0.717, 1.165) is 4.88 Å². The van der Waals surface area contributed by atoms with E-state index in [1.165, 1.54) is 34.4 Å². The highest BCUT2D eigenvalue weighted by Crippen LogP contribution is 2.24. The Hall–Kier alpha value is -3.59. The van der Waals surface area contributed by atoms with Gasteiger partial charge >= 0.3 is 6.03 Å². The molecule has 0 aliphatic carbocycles. The fourth-order valence-corrected chi connectivity index (χ4v) is 3.77. The number of hydrogen-bond donors (Lipinski definition) is 2. The molecule has 0 radical (unpaired) electrons. The Morgan fingerprint density at radius 1 is 1.03 bits per heavy atom. The second-order valence-electron chi connectivity index (χ2n) is 6.28. The minimum absolute atomic E-state index is 0.226. The molecular weight excluding hydrogens is 395 g/mol. The van der Waals surface area contributed by atoms with Crippen molar-refractivity contribution >= 4 is 40.0 Å². The zero-order chi connectivity index (χ0) is 20.4. The van der Waals surface area contributed by atoms with E-state index in [4.69, 9.17) is 0 Å². The van der Waals surface area contributed by atoms with Crippen LogP contribution in [0.1, 0.15) is 25.6 Å². The van der Waals surface area contributed by atoms with Crippen LogP contribution >= 0.6 is 11.3 Å². The number of anilines is 2. The second kappa shape index (κ2) is 7.80. The van der Waals surface area contributed by atoms with Crippen molar-refractivity contribution in [1.82, 2.24) is 9.88 Å². The number of nitrogens with zero attached hydrogens (tertiary/aromatic N) is 2. The molecule has 2 N–H and O–H groups in total. The van der Waals surface area contributed by atoms with Gasteiger partial charge in [0.25, 0.3) is 11.8 Å². The van der Waals surface area contributed by atoms with Gasteiger partial charge in [-0.25, -0.2) is 14.2 Å². The maximum atomic E-state index is 13.2. The van der Waals surface area contributed by atoms with Crippen molar-refractivity contribution in [3.8, 4) is 0 Å². The molecule has 146 valence electrons. The van der Waals surface area contributed by atoms with Gasteiger partial charge in [-0.05, 0) is 30.3 Å². The molecule has 0 fully saturated rings. The van der Waals surface area contributed by atoms with Crippen molar-refractivity contribution in [2.24, 2.45) is 0 Å². The molecule has 0 saturated heterocycles. The lowest BCUT2D eigenvalue weighted by Crippen LogP contribution is -2.31. The molecule has 0 atom stereocenters. The van der Waals surface area contributed by atoms with E-state index in [2.05, 4.69) is 15.6 Å². The Kier molecular flexibility index (Phi) is 5.05. The summed E-state index contributed by atoms with van der Waals surface area (Å²) in [5.41, 5.74) is 1.15. The first-order chi connectivity index (χ1) is 14.0. The lowest BCUT2D eigenvalue weighted by molar-refractivity contribution is 0.0656. The van der Waals surface area contributed by atoms with E-state index >= 15 is 0 Å². The summed E-state index contributed by atoms with van der Waals surface area (Å²) in [7, 11) is 0. The van der Waals surface area contributed by atoms with Crippen LogP contribution in [0.25, 0.3) is 0 Å². The number of hydrogen-bond acceptors (Lipinski definition) is 5. The van der Waals surface area contributed by atoms with Crippen LogP contribution < -0.4 is 10.6 Å². The number of carbonyl (C=O) groups excluding carboxylic acids is 3. The molecule has 1 aliphatic rings. The van der Waals surface area contributed by atoms with Crippen molar-refractivity contribution in [3.63, 3.8) is 0 Å². The fourth-order valence-electron chi connectivity index (χ4n) is 2.97. The summed E-state index contributed by atoms with van der Waals surface area (Å²) in [4.78, 5) is 42.9. The third-order valence-corrected chi connectivity index (χ3v) is 5.29. The van der Waals surface area contributed by atoms with Gasteiger partial charge in [-0.15, -0.1) is 11.3 Å². The van der Waals surface area contributed by atoms with Gasteiger partial charge in [0.15, 0.2) is 5.13 Å². The Balaban J connectivity index is 1.34. The molecule has 2 aromatic carbocycles. The number of thiazole rings is 1. The molecule has 4 amide bonds. The molecular formula is C20H15FN4O3S. The zero-order valence-electron chi connectivity index (χ0n) is 15.0. The van der Waals surface area contributed by atoms with Gasteiger partial charge in [0, 0.05) is 29.7 Å². The van der Waals surface area contributed by atoms with E-state index in [1.807, 2.05) is 0 Å². The molecule has 4 rings (SSSR count). The molecule has 3 aromatic rings. The van der Waals surface area contributed by atoms with Crippen molar-refractivity contribution in [2.75, 3.05) is 17.2 Å². The third-order valence-electron chi connectivity index (χ3n) is 4.32. The van der Waals surface area contributed by atoms with Crippen LogP contribution in [0.3, 0.4) is 0 Å². The largest absolute Gasteiger partial charge is 0.325 e. The minimum atomic E-state index is -0.545. The number of rotatable bonds is 5. The number of halogens is 1. The molecule has 2 heterocycles. The molecule has 1 aliphatic heterocycles. The van der Waals surface area contributed by atoms with Gasteiger partial charge < -0.3 is 5.32 Å². The van der Waals surface area contributed by atoms with Gasteiger partial charge in [-0.2, -0.15) is 0 Å². The van der Waals surface area contributed by atoms with E-state index in [9.17, 15) is 18.8 Å². The molecule has 1 aromatic heterocycles. The van der Waals surface area contributed by atoms with E-state index in [0.29, 0.717) is 28.4 Å². The molecule has 9 heteroatoms. The lowest BCUT2D eigenvalue weighted by Gasteiger charge is -2.12. The number of carbonyl (C=O) groups is 3. The Morgan fingerprint density at radius 3 is 2.45 bits per heavy atom. The van der Waals surface area contributed by atoms with Gasteiger partial charge in [-0.3, -0.25) is 19.8 Å². The van der Waals surface area contributed by atoms with Gasteiger partial charge in [0.05, 0.1) is 11.1 Å². The summed E-state index contributed by atoms with van der Waals surface area (Å²) in [6.07, 6.45) is 2.01. The normalized spacial score (nSPS) is 12.8. The first-order valence-corrected chi connectivity index (χ1v) is 9.56. The summed E-state index contributed by atoms with van der Waals surface area (Å²) in [6, 6.07) is 11.7. The Labute approximate surface area is 169 Å². The van der Waals surface area contributed by atoms with Crippen molar-refractivity contribution in [1.29, 1.82) is 0 Å². The Morgan fingerprint density at radius 2 is 1.76 bits per heavy atom. The highest BCUT2D eigenvalue weighted by molar-refractivity contribution is 7.15. The highest BCUT2D eigenvalue weighted by atomic mass is 32.1. The van der Waals surface area contributed by atoms with Crippen molar-refractivity contribution < 1.29 is 18.8 Å². The van der Waals surface area contributed by atoms with Crippen LogP contribution in [-0.2, 0) is 6.42 Å². The molecule has 0 bridgehead atoms. The molecule has 0 saturated carbocycles. The number of benzene rings is 2. The lowest BCUT2D eigenvalue weighted by atomic mass is 10.1. The van der Waals surface area contributed by atoms with Crippen LogP contribution in [0.4, 0.5) is 20.0 Å².